The summed E-state index contributed by atoms with van der Waals surface area (Å²) in [4.78, 5) is 35.8. The molecule has 0 spiro atoms. The summed E-state index contributed by atoms with van der Waals surface area (Å²) in [7, 11) is 1.36. The van der Waals surface area contributed by atoms with Crippen LogP contribution in [0.3, 0.4) is 0 Å². The highest BCUT2D eigenvalue weighted by Gasteiger charge is 2.27. The predicted molar refractivity (Wildman–Crippen MR) is 147 cm³/mol. The number of hydrogen-bond acceptors (Lipinski definition) is 7. The lowest BCUT2D eigenvalue weighted by molar-refractivity contribution is 0.0772. The Morgan fingerprint density at radius 2 is 1.78 bits per heavy atom. The van der Waals surface area contributed by atoms with Crippen molar-refractivity contribution in [2.24, 2.45) is 0 Å². The number of aromatic nitrogens is 1. The third kappa shape index (κ3) is 6.74. The Morgan fingerprint density at radius 3 is 2.41 bits per heavy atom. The zero-order valence-corrected chi connectivity index (χ0v) is 22.5. The predicted octanol–water partition coefficient (Wildman–Crippen LogP) is 4.71. The normalized spacial score (nSPS) is 15.2. The summed E-state index contributed by atoms with van der Waals surface area (Å²) < 4.78 is 4.78. The van der Waals surface area contributed by atoms with Gasteiger partial charge in [0.2, 0.25) is 0 Å². The number of nitrogens with zero attached hydrogens (tertiary/aromatic N) is 4. The number of hydrogen-bond donors (Lipinski definition) is 1. The first-order valence-electron chi connectivity index (χ1n) is 12.7. The van der Waals surface area contributed by atoms with Crippen molar-refractivity contribution in [1.82, 2.24) is 19.7 Å². The molecule has 1 saturated heterocycles. The van der Waals surface area contributed by atoms with E-state index in [1.54, 1.807) is 11.3 Å². The van der Waals surface area contributed by atoms with Crippen LogP contribution in [0.25, 0.3) is 0 Å². The second-order valence-corrected chi connectivity index (χ2v) is 9.75. The van der Waals surface area contributed by atoms with Gasteiger partial charge < -0.3 is 9.64 Å². The third-order valence-corrected chi connectivity index (χ3v) is 7.43. The third-order valence-electron chi connectivity index (χ3n) is 6.80. The van der Waals surface area contributed by atoms with Gasteiger partial charge in [-0.15, -0.1) is 11.3 Å². The molecule has 0 radical (unpaired) electrons. The minimum Gasteiger partial charge on any atom is -0.453 e. The fraction of sp³-hybridized carbons (Fsp3) is 0.393. The van der Waals surface area contributed by atoms with Crippen molar-refractivity contribution in [2.75, 3.05) is 51.7 Å². The summed E-state index contributed by atoms with van der Waals surface area (Å²) >= 11 is 1.63. The van der Waals surface area contributed by atoms with Crippen molar-refractivity contribution in [3.63, 3.8) is 0 Å². The number of piperazine rings is 1. The first-order valence-corrected chi connectivity index (χ1v) is 13.6. The lowest BCUT2D eigenvalue weighted by atomic mass is 9.95. The monoisotopic (exact) mass is 521 g/mol. The van der Waals surface area contributed by atoms with Crippen molar-refractivity contribution in [2.45, 2.75) is 26.4 Å². The molecule has 0 bridgehead atoms. The fourth-order valence-corrected chi connectivity index (χ4v) is 5.34. The molecule has 2 heterocycles. The number of nitrogens with one attached hydrogen (secondary N) is 1. The Labute approximate surface area is 222 Å². The average molecular weight is 522 g/mol. The molecule has 0 saturated carbocycles. The lowest BCUT2D eigenvalue weighted by Gasteiger charge is -2.39. The molecule has 196 valence electrons. The van der Waals surface area contributed by atoms with E-state index in [2.05, 4.69) is 43.7 Å². The van der Waals surface area contributed by atoms with E-state index in [4.69, 9.17) is 4.74 Å². The zero-order chi connectivity index (χ0) is 26.2. The summed E-state index contributed by atoms with van der Waals surface area (Å²) in [6.45, 7) is 9.88. The number of carbonyl (C=O) groups is 2. The Morgan fingerprint density at radius 1 is 1.05 bits per heavy atom. The number of amides is 2. The summed E-state index contributed by atoms with van der Waals surface area (Å²) in [6, 6.07) is 15.9. The molecular formula is C28H35N5O3S. The second kappa shape index (κ2) is 12.8. The van der Waals surface area contributed by atoms with Gasteiger partial charge in [0.25, 0.3) is 5.91 Å². The van der Waals surface area contributed by atoms with Gasteiger partial charge in [-0.25, -0.2) is 9.78 Å². The van der Waals surface area contributed by atoms with Gasteiger partial charge in [0.1, 0.15) is 0 Å². The molecule has 37 heavy (non-hydrogen) atoms. The summed E-state index contributed by atoms with van der Waals surface area (Å²) in [6.07, 6.45) is -0.497. The molecule has 0 aliphatic carbocycles. The molecule has 1 atom stereocenters. The van der Waals surface area contributed by atoms with Gasteiger partial charge in [-0.05, 0) is 49.2 Å². The number of anilines is 1. The Bertz CT molecular complexity index is 1160. The van der Waals surface area contributed by atoms with Gasteiger partial charge in [-0.3, -0.25) is 19.9 Å². The van der Waals surface area contributed by atoms with Gasteiger partial charge in [0, 0.05) is 62.4 Å². The summed E-state index contributed by atoms with van der Waals surface area (Å²) in [5, 5.41) is 4.89. The minimum atomic E-state index is -0.497. The van der Waals surface area contributed by atoms with E-state index in [9.17, 15) is 9.59 Å². The molecule has 1 fully saturated rings. The van der Waals surface area contributed by atoms with Crippen molar-refractivity contribution in [3.05, 3.63) is 81.8 Å². The van der Waals surface area contributed by atoms with Gasteiger partial charge in [0.15, 0.2) is 0 Å². The van der Waals surface area contributed by atoms with Crippen LogP contribution in [0.1, 0.15) is 47.1 Å². The molecular weight excluding hydrogens is 486 g/mol. The minimum absolute atomic E-state index is 0.0153. The van der Waals surface area contributed by atoms with Gasteiger partial charge in [-0.2, -0.15) is 0 Å². The van der Waals surface area contributed by atoms with Crippen LogP contribution in [0, 0.1) is 0 Å². The lowest BCUT2D eigenvalue weighted by Crippen LogP contribution is -2.47. The maximum absolute atomic E-state index is 12.9. The first-order chi connectivity index (χ1) is 18.0. The molecule has 1 N–H and O–H groups in total. The topological polar surface area (TPSA) is 78.0 Å². The van der Waals surface area contributed by atoms with Crippen LogP contribution in [-0.2, 0) is 11.3 Å². The molecule has 2 amide bonds. The van der Waals surface area contributed by atoms with Gasteiger partial charge >= 0.3 is 6.09 Å². The van der Waals surface area contributed by atoms with Crippen molar-refractivity contribution in [3.8, 4) is 0 Å². The Kier molecular flexibility index (Phi) is 9.27. The highest BCUT2D eigenvalue weighted by molar-refractivity contribution is 7.07. The molecule has 4 rings (SSSR count). The van der Waals surface area contributed by atoms with Crippen LogP contribution in [-0.4, -0.2) is 78.1 Å². The quantitative estimate of drug-likeness (QED) is 0.439. The van der Waals surface area contributed by atoms with Crippen LogP contribution in [0.15, 0.2) is 59.4 Å². The molecule has 8 nitrogen and oxygen atoms in total. The molecule has 3 aromatic rings. The number of benzene rings is 2. The highest BCUT2D eigenvalue weighted by Crippen LogP contribution is 2.32. The van der Waals surface area contributed by atoms with Gasteiger partial charge in [-0.1, -0.05) is 24.3 Å². The fourth-order valence-electron chi connectivity index (χ4n) is 4.80. The van der Waals surface area contributed by atoms with E-state index in [0.717, 1.165) is 49.5 Å². The van der Waals surface area contributed by atoms with E-state index in [-0.39, 0.29) is 11.9 Å². The Hall–Kier alpha value is -3.27. The first kappa shape index (κ1) is 26.8. The standard InChI is InChI=1S/C28H35N5O3S/c1-4-32(5-2)27(34)22-11-9-21(10-12-22)26(23-7-6-8-24(17-23)30-28(35)36-3)33-15-13-31(14-16-33)18-25-19-37-20-29-25/h6-12,17,19-20,26H,4-5,13-16,18H2,1-3H3,(H,30,35). The van der Waals surface area contributed by atoms with Crippen molar-refractivity contribution in [1.29, 1.82) is 0 Å². The number of carbonyl (C=O) groups excluding carboxylic acids is 2. The molecule has 1 aliphatic heterocycles. The van der Waals surface area contributed by atoms with E-state index in [0.29, 0.717) is 24.3 Å². The zero-order valence-electron chi connectivity index (χ0n) is 21.7. The van der Waals surface area contributed by atoms with Gasteiger partial charge in [0.05, 0.1) is 24.4 Å². The number of ether oxygens (including phenoxy) is 1. The van der Waals surface area contributed by atoms with Crippen LogP contribution in [0.2, 0.25) is 0 Å². The van der Waals surface area contributed by atoms with E-state index >= 15 is 0 Å². The van der Waals surface area contributed by atoms with Crippen LogP contribution in [0.4, 0.5) is 10.5 Å². The smallest absolute Gasteiger partial charge is 0.411 e. The molecule has 9 heteroatoms. The maximum atomic E-state index is 12.9. The summed E-state index contributed by atoms with van der Waals surface area (Å²) in [5.74, 6) is 0.0491. The van der Waals surface area contributed by atoms with E-state index in [1.165, 1.54) is 7.11 Å². The van der Waals surface area contributed by atoms with E-state index in [1.807, 2.05) is 54.6 Å². The highest BCUT2D eigenvalue weighted by atomic mass is 32.1. The molecule has 1 unspecified atom stereocenters. The van der Waals surface area contributed by atoms with Crippen molar-refractivity contribution < 1.29 is 14.3 Å². The largest absolute Gasteiger partial charge is 0.453 e. The molecule has 1 aliphatic rings. The number of thiazole rings is 1. The number of methoxy groups -OCH3 is 1. The Balaban J connectivity index is 1.58. The van der Waals surface area contributed by atoms with Crippen molar-refractivity contribution >= 4 is 29.0 Å². The van der Waals surface area contributed by atoms with E-state index < -0.39 is 6.09 Å². The molecule has 1 aromatic heterocycles. The average Bonchev–Trinajstić information content (AvgIpc) is 3.44. The second-order valence-electron chi connectivity index (χ2n) is 9.04. The molecule has 2 aromatic carbocycles. The van der Waals surface area contributed by atoms with Crippen LogP contribution >= 0.6 is 11.3 Å². The van der Waals surface area contributed by atoms with Crippen LogP contribution in [0.5, 0.6) is 0 Å². The SMILES string of the molecule is CCN(CC)C(=O)c1ccc(C(c2cccc(NC(=O)OC)c2)N2CCN(Cc3cscn3)CC2)cc1. The maximum Gasteiger partial charge on any atom is 0.411 e. The van der Waals surface area contributed by atoms with Crippen LogP contribution < -0.4 is 5.32 Å². The number of rotatable bonds is 9. The summed E-state index contributed by atoms with van der Waals surface area (Å²) in [5.41, 5.74) is 6.56.